The maximum Gasteiger partial charge on any atom is 0.407 e. The first kappa shape index (κ1) is 15.7. The fraction of sp³-hybridized carbons (Fsp3) is 0.400. The lowest BCUT2D eigenvalue weighted by Gasteiger charge is -2.19. The number of rotatable bonds is 2. The van der Waals surface area contributed by atoms with Crippen molar-refractivity contribution in [3.63, 3.8) is 0 Å². The molecular weight excluding hydrogens is 258 g/mol. The smallest absolute Gasteiger partial charge is 0.407 e. The van der Waals surface area contributed by atoms with Gasteiger partial charge in [-0.3, -0.25) is 0 Å². The summed E-state index contributed by atoms with van der Waals surface area (Å²) in [6.07, 6.45) is -0.0116. The normalized spacial score (nSPS) is 10.3. The first-order valence-electron chi connectivity index (χ1n) is 6.25. The number of benzene rings is 1. The first-order valence-corrected chi connectivity index (χ1v) is 6.25. The van der Waals surface area contributed by atoms with Crippen molar-refractivity contribution in [2.45, 2.75) is 32.8 Å². The predicted octanol–water partition coefficient (Wildman–Crippen LogP) is 2.36. The molecular formula is C15H19NO4. The van der Waals surface area contributed by atoms with Crippen LogP contribution in [0.2, 0.25) is 0 Å². The van der Waals surface area contributed by atoms with E-state index in [4.69, 9.17) is 9.84 Å². The molecule has 3 N–H and O–H groups in total. The zero-order chi connectivity index (χ0) is 15.2. The van der Waals surface area contributed by atoms with Crippen molar-refractivity contribution in [1.29, 1.82) is 0 Å². The minimum Gasteiger partial charge on any atom is -0.504 e. The maximum atomic E-state index is 11.3. The summed E-state index contributed by atoms with van der Waals surface area (Å²) in [7, 11) is 0. The maximum absolute atomic E-state index is 11.3. The van der Waals surface area contributed by atoms with Gasteiger partial charge in [-0.15, -0.1) is 0 Å². The second kappa shape index (κ2) is 6.71. The third-order valence-electron chi connectivity index (χ3n) is 2.13. The summed E-state index contributed by atoms with van der Waals surface area (Å²) in [5, 5.41) is 21.0. The Bertz CT molecular complexity index is 535. The molecule has 1 rings (SSSR count). The molecule has 0 aliphatic carbocycles. The lowest BCUT2D eigenvalue weighted by Crippen LogP contribution is -2.32. The molecule has 5 heteroatoms. The standard InChI is InChI=1S/C15H19NO4/c1-15(2,3)20-14(19)16-9-5-4-6-11-7-8-12(17)13(18)10-11/h7-8,10,17-18H,5,9H2,1-3H3,(H,16,19). The van der Waals surface area contributed by atoms with E-state index < -0.39 is 11.7 Å². The lowest BCUT2D eigenvalue weighted by molar-refractivity contribution is 0.0529. The largest absolute Gasteiger partial charge is 0.504 e. The van der Waals surface area contributed by atoms with Gasteiger partial charge in [0.1, 0.15) is 5.60 Å². The Labute approximate surface area is 118 Å². The number of aromatic hydroxyl groups is 2. The zero-order valence-corrected chi connectivity index (χ0v) is 11.9. The van der Waals surface area contributed by atoms with Crippen LogP contribution in [0.5, 0.6) is 11.5 Å². The van der Waals surface area contributed by atoms with Crippen LogP contribution in [0.25, 0.3) is 0 Å². The van der Waals surface area contributed by atoms with Crippen molar-refractivity contribution >= 4 is 6.09 Å². The molecule has 0 bridgehead atoms. The van der Waals surface area contributed by atoms with Gasteiger partial charge in [0.2, 0.25) is 0 Å². The van der Waals surface area contributed by atoms with Crippen LogP contribution in [0.1, 0.15) is 32.8 Å². The van der Waals surface area contributed by atoms with Crippen molar-refractivity contribution in [2.24, 2.45) is 0 Å². The van der Waals surface area contributed by atoms with Crippen LogP contribution in [-0.4, -0.2) is 28.5 Å². The van der Waals surface area contributed by atoms with E-state index in [1.54, 1.807) is 26.8 Å². The average molecular weight is 277 g/mol. The Morgan fingerprint density at radius 2 is 2.00 bits per heavy atom. The summed E-state index contributed by atoms with van der Waals surface area (Å²) in [6.45, 7) is 5.77. The number of nitrogens with one attached hydrogen (secondary N) is 1. The van der Waals surface area contributed by atoms with Crippen molar-refractivity contribution in [1.82, 2.24) is 5.32 Å². The predicted molar refractivity (Wildman–Crippen MR) is 75.5 cm³/mol. The SMILES string of the molecule is CC(C)(C)OC(=O)NCCC#Cc1ccc(O)c(O)c1. The molecule has 0 fully saturated rings. The average Bonchev–Trinajstić information content (AvgIpc) is 2.31. The summed E-state index contributed by atoms with van der Waals surface area (Å²) in [5.41, 5.74) is 0.0804. The topological polar surface area (TPSA) is 78.8 Å². The number of ether oxygens (including phenoxy) is 1. The van der Waals surface area contributed by atoms with Gasteiger partial charge in [0.15, 0.2) is 11.5 Å². The molecule has 0 aliphatic heterocycles. The van der Waals surface area contributed by atoms with Crippen molar-refractivity contribution in [3.8, 4) is 23.3 Å². The molecule has 0 unspecified atom stereocenters. The highest BCUT2D eigenvalue weighted by atomic mass is 16.6. The fourth-order valence-electron chi connectivity index (χ4n) is 1.31. The van der Waals surface area contributed by atoms with Crippen LogP contribution < -0.4 is 5.32 Å². The van der Waals surface area contributed by atoms with E-state index in [0.717, 1.165) is 0 Å². The van der Waals surface area contributed by atoms with E-state index in [0.29, 0.717) is 18.5 Å². The van der Waals surface area contributed by atoms with E-state index in [1.807, 2.05) is 0 Å². The Morgan fingerprint density at radius 1 is 1.30 bits per heavy atom. The van der Waals surface area contributed by atoms with Gasteiger partial charge >= 0.3 is 6.09 Å². The van der Waals surface area contributed by atoms with E-state index in [9.17, 15) is 9.90 Å². The van der Waals surface area contributed by atoms with Gasteiger partial charge in [0.05, 0.1) is 0 Å². The second-order valence-corrected chi connectivity index (χ2v) is 5.18. The van der Waals surface area contributed by atoms with Gasteiger partial charge in [-0.25, -0.2) is 4.79 Å². The molecule has 1 amide bonds. The molecule has 0 saturated carbocycles. The molecule has 20 heavy (non-hydrogen) atoms. The number of alkyl carbamates (subject to hydrolysis) is 1. The van der Waals surface area contributed by atoms with E-state index >= 15 is 0 Å². The molecule has 108 valence electrons. The highest BCUT2D eigenvalue weighted by Gasteiger charge is 2.15. The Kier molecular flexibility index (Phi) is 5.27. The minimum absolute atomic E-state index is 0.179. The van der Waals surface area contributed by atoms with Gasteiger partial charge < -0.3 is 20.3 Å². The molecule has 0 radical (unpaired) electrons. The number of carbonyl (C=O) groups excluding carboxylic acids is 1. The van der Waals surface area contributed by atoms with Crippen LogP contribution in [-0.2, 0) is 4.74 Å². The third-order valence-corrected chi connectivity index (χ3v) is 2.13. The highest BCUT2D eigenvalue weighted by molar-refractivity contribution is 5.67. The highest BCUT2D eigenvalue weighted by Crippen LogP contribution is 2.24. The Morgan fingerprint density at radius 3 is 2.60 bits per heavy atom. The van der Waals surface area contributed by atoms with Gasteiger partial charge in [-0.2, -0.15) is 0 Å². The van der Waals surface area contributed by atoms with Crippen LogP contribution in [0, 0.1) is 11.8 Å². The van der Waals surface area contributed by atoms with E-state index in [1.165, 1.54) is 12.1 Å². The van der Waals surface area contributed by atoms with Gasteiger partial charge in [-0.05, 0) is 39.0 Å². The lowest BCUT2D eigenvalue weighted by atomic mass is 10.2. The molecule has 0 spiro atoms. The van der Waals surface area contributed by atoms with E-state index in [2.05, 4.69) is 17.2 Å². The first-order chi connectivity index (χ1) is 9.28. The molecule has 1 aromatic rings. The Hall–Kier alpha value is -2.35. The number of amides is 1. The number of phenolic OH excluding ortho intramolecular Hbond substituents is 2. The summed E-state index contributed by atoms with van der Waals surface area (Å²) in [6, 6.07) is 4.35. The van der Waals surface area contributed by atoms with Crippen molar-refractivity contribution in [2.75, 3.05) is 6.54 Å². The zero-order valence-electron chi connectivity index (χ0n) is 11.9. The molecule has 0 heterocycles. The molecule has 5 nitrogen and oxygen atoms in total. The number of phenols is 2. The molecule has 0 aliphatic rings. The van der Waals surface area contributed by atoms with E-state index in [-0.39, 0.29) is 11.5 Å². The fourth-order valence-corrected chi connectivity index (χ4v) is 1.31. The third kappa shape index (κ3) is 6.01. The monoisotopic (exact) mass is 277 g/mol. The molecule has 0 aromatic heterocycles. The number of hydrogen-bond donors (Lipinski definition) is 3. The quantitative estimate of drug-likeness (QED) is 0.440. The van der Waals surface area contributed by atoms with Crippen LogP contribution in [0.4, 0.5) is 4.79 Å². The van der Waals surface area contributed by atoms with Crippen LogP contribution >= 0.6 is 0 Å². The van der Waals surface area contributed by atoms with Crippen molar-refractivity contribution in [3.05, 3.63) is 23.8 Å². The summed E-state index contributed by atoms with van der Waals surface area (Å²) in [4.78, 5) is 11.3. The molecule has 1 aromatic carbocycles. The van der Waals surface area contributed by atoms with Crippen molar-refractivity contribution < 1.29 is 19.7 Å². The number of hydrogen-bond acceptors (Lipinski definition) is 4. The van der Waals surface area contributed by atoms with Gasteiger partial charge in [-0.1, -0.05) is 11.8 Å². The second-order valence-electron chi connectivity index (χ2n) is 5.18. The van der Waals surface area contributed by atoms with Crippen LogP contribution in [0.3, 0.4) is 0 Å². The molecule has 0 atom stereocenters. The van der Waals surface area contributed by atoms with Gasteiger partial charge in [0.25, 0.3) is 0 Å². The summed E-state index contributed by atoms with van der Waals surface area (Å²) < 4.78 is 5.07. The molecule has 0 saturated heterocycles. The van der Waals surface area contributed by atoms with Crippen LogP contribution in [0.15, 0.2) is 18.2 Å². The summed E-state index contributed by atoms with van der Waals surface area (Å²) >= 11 is 0. The summed E-state index contributed by atoms with van der Waals surface area (Å²) in [5.74, 6) is 5.29. The number of carbonyl (C=O) groups is 1. The minimum atomic E-state index is -0.515. The van der Waals surface area contributed by atoms with Gasteiger partial charge in [0, 0.05) is 18.5 Å². The Balaban J connectivity index is 2.36.